The van der Waals surface area contributed by atoms with E-state index in [1.165, 1.54) is 0 Å². The van der Waals surface area contributed by atoms with Crippen molar-refractivity contribution in [3.8, 4) is 12.1 Å². The van der Waals surface area contributed by atoms with Crippen molar-refractivity contribution in [2.24, 2.45) is 0 Å². The van der Waals surface area contributed by atoms with Gasteiger partial charge in [-0.05, 0) is 6.92 Å². The van der Waals surface area contributed by atoms with Crippen LogP contribution in [0.3, 0.4) is 0 Å². The minimum Gasteiger partial charge on any atom is -0.195 e. The predicted molar refractivity (Wildman–Crippen MR) is 48.9 cm³/mol. The van der Waals surface area contributed by atoms with Gasteiger partial charge in [0.1, 0.15) is 12.1 Å². The lowest BCUT2D eigenvalue weighted by atomic mass is 10.1. The Morgan fingerprint density at radius 2 is 2.00 bits per heavy atom. The van der Waals surface area contributed by atoms with Crippen molar-refractivity contribution in [2.45, 2.75) is 23.6 Å². The Labute approximate surface area is 82.0 Å². The number of nitriles is 2. The van der Waals surface area contributed by atoms with Gasteiger partial charge in [-0.1, -0.05) is 23.8 Å². The van der Waals surface area contributed by atoms with Gasteiger partial charge in [0.05, 0.1) is 0 Å². The Hall–Kier alpha value is -0.700. The van der Waals surface area contributed by atoms with Crippen LogP contribution in [0, 0.1) is 22.7 Å². The highest BCUT2D eigenvalue weighted by atomic mass is 35.5. The van der Waals surface area contributed by atoms with Crippen LogP contribution < -0.4 is 0 Å². The number of alkyl halides is 2. The van der Waals surface area contributed by atoms with E-state index in [-0.39, 0.29) is 11.8 Å². The zero-order chi connectivity index (χ0) is 9.61. The lowest BCUT2D eigenvalue weighted by molar-refractivity contribution is 0.901. The third-order valence-corrected chi connectivity index (χ3v) is 1.62. The number of halogens is 2. The maximum atomic E-state index is 8.48. The van der Waals surface area contributed by atoms with Crippen molar-refractivity contribution in [1.82, 2.24) is 0 Å². The number of nitrogens with zero attached hydrogens (tertiary/aromatic N) is 2. The molecule has 4 heteroatoms. The Balaban J connectivity index is 4.11. The van der Waals surface area contributed by atoms with E-state index in [0.29, 0.717) is 0 Å². The molecule has 0 aromatic carbocycles. The highest BCUT2D eigenvalue weighted by molar-refractivity contribution is 6.27. The van der Waals surface area contributed by atoms with Crippen LogP contribution in [0.5, 0.6) is 0 Å². The molecule has 0 aromatic heterocycles. The van der Waals surface area contributed by atoms with E-state index < -0.39 is 4.87 Å². The van der Waals surface area contributed by atoms with Crippen LogP contribution in [0.25, 0.3) is 0 Å². The predicted octanol–water partition coefficient (Wildman–Crippen LogP) is 2.58. The summed E-state index contributed by atoms with van der Waals surface area (Å²) in [7, 11) is 0. The van der Waals surface area contributed by atoms with Gasteiger partial charge in [0.15, 0.2) is 0 Å². The molecule has 0 aliphatic carbocycles. The molecule has 0 N–H and O–H groups in total. The molecular formula is C8H8Cl2N2. The molecule has 0 spiro atoms. The average molecular weight is 203 g/mol. The van der Waals surface area contributed by atoms with Gasteiger partial charge >= 0.3 is 0 Å². The summed E-state index contributed by atoms with van der Waals surface area (Å²) in [6.07, 6.45) is 3.52. The highest BCUT2D eigenvalue weighted by Gasteiger charge is 2.24. The molecule has 1 atom stereocenters. The number of allylic oxidation sites excluding steroid dienone is 2. The van der Waals surface area contributed by atoms with Gasteiger partial charge in [0.25, 0.3) is 0 Å². The molecule has 0 radical (unpaired) electrons. The maximum Gasteiger partial charge on any atom is 0.219 e. The standard InChI is InChI=1S/C8H8Cl2N2/c1-7(9)3-2-4-8(10,5-11)6-12/h2-3,7H,4H2,1H3/b3-2+. The van der Waals surface area contributed by atoms with Gasteiger partial charge in [0.2, 0.25) is 4.87 Å². The number of rotatable bonds is 3. The van der Waals surface area contributed by atoms with Gasteiger partial charge in [-0.15, -0.1) is 11.6 Å². The maximum absolute atomic E-state index is 8.48. The first-order valence-corrected chi connectivity index (χ1v) is 4.17. The number of hydrogen-bond donors (Lipinski definition) is 0. The van der Waals surface area contributed by atoms with E-state index in [4.69, 9.17) is 33.7 Å². The Morgan fingerprint density at radius 1 is 1.50 bits per heavy atom. The van der Waals surface area contributed by atoms with E-state index in [9.17, 15) is 0 Å². The van der Waals surface area contributed by atoms with Crippen molar-refractivity contribution >= 4 is 23.2 Å². The van der Waals surface area contributed by atoms with Gasteiger partial charge in [-0.3, -0.25) is 0 Å². The van der Waals surface area contributed by atoms with Crippen molar-refractivity contribution < 1.29 is 0 Å². The quantitative estimate of drug-likeness (QED) is 0.522. The average Bonchev–Trinajstić information content (AvgIpc) is 2.03. The number of hydrogen-bond acceptors (Lipinski definition) is 2. The van der Waals surface area contributed by atoms with Crippen LogP contribution in [0.2, 0.25) is 0 Å². The fourth-order valence-electron chi connectivity index (χ4n) is 0.534. The third-order valence-electron chi connectivity index (χ3n) is 1.15. The van der Waals surface area contributed by atoms with Crippen LogP contribution in [0.15, 0.2) is 12.2 Å². The van der Waals surface area contributed by atoms with Crippen molar-refractivity contribution in [3.05, 3.63) is 12.2 Å². The van der Waals surface area contributed by atoms with Crippen LogP contribution in [0.1, 0.15) is 13.3 Å². The molecule has 64 valence electrons. The summed E-state index contributed by atoms with van der Waals surface area (Å²) in [5, 5.41) is 16.9. The Morgan fingerprint density at radius 3 is 2.33 bits per heavy atom. The van der Waals surface area contributed by atoms with Crippen LogP contribution in [0.4, 0.5) is 0 Å². The van der Waals surface area contributed by atoms with Crippen LogP contribution in [-0.4, -0.2) is 10.3 Å². The molecule has 2 nitrogen and oxygen atoms in total. The Kier molecular flexibility index (Phi) is 4.74. The third kappa shape index (κ3) is 4.23. The monoisotopic (exact) mass is 202 g/mol. The molecule has 0 aromatic rings. The minimum absolute atomic E-state index is 0.108. The van der Waals surface area contributed by atoms with E-state index in [1.54, 1.807) is 31.2 Å². The molecule has 0 fully saturated rings. The fourth-order valence-corrected chi connectivity index (χ4v) is 0.726. The second-order valence-electron chi connectivity index (χ2n) is 2.33. The van der Waals surface area contributed by atoms with Gasteiger partial charge in [-0.25, -0.2) is 0 Å². The summed E-state index contributed by atoms with van der Waals surface area (Å²) in [5.41, 5.74) is 0. The molecular weight excluding hydrogens is 195 g/mol. The summed E-state index contributed by atoms with van der Waals surface area (Å²) in [4.78, 5) is -1.44. The zero-order valence-corrected chi connectivity index (χ0v) is 8.10. The summed E-state index contributed by atoms with van der Waals surface area (Å²) in [6, 6.07) is 3.42. The first-order chi connectivity index (χ1) is 5.54. The second kappa shape index (κ2) is 5.04. The zero-order valence-electron chi connectivity index (χ0n) is 6.59. The molecule has 0 heterocycles. The molecule has 0 rings (SSSR count). The molecule has 0 amide bonds. The van der Waals surface area contributed by atoms with E-state index in [1.807, 2.05) is 0 Å². The van der Waals surface area contributed by atoms with Crippen LogP contribution >= 0.6 is 23.2 Å². The van der Waals surface area contributed by atoms with Crippen molar-refractivity contribution in [2.75, 3.05) is 0 Å². The normalized spacial score (nSPS) is 13.8. The molecule has 12 heavy (non-hydrogen) atoms. The summed E-state index contributed by atoms with van der Waals surface area (Å²) < 4.78 is 0. The first-order valence-electron chi connectivity index (χ1n) is 3.36. The molecule has 0 saturated carbocycles. The molecule has 0 saturated heterocycles. The molecule has 1 unspecified atom stereocenters. The summed E-state index contributed by atoms with van der Waals surface area (Å²) >= 11 is 11.2. The second-order valence-corrected chi connectivity index (χ2v) is 3.67. The summed E-state index contributed by atoms with van der Waals surface area (Å²) in [6.45, 7) is 1.78. The van der Waals surface area contributed by atoms with E-state index >= 15 is 0 Å². The topological polar surface area (TPSA) is 47.6 Å². The van der Waals surface area contributed by atoms with Gasteiger partial charge < -0.3 is 0 Å². The summed E-state index contributed by atoms with van der Waals surface area (Å²) in [5.74, 6) is 0. The molecule has 0 bridgehead atoms. The van der Waals surface area contributed by atoms with Gasteiger partial charge in [0, 0.05) is 11.8 Å². The Bertz CT molecular complexity index is 231. The fraction of sp³-hybridized carbons (Fsp3) is 0.500. The minimum atomic E-state index is -1.44. The van der Waals surface area contributed by atoms with Crippen LogP contribution in [-0.2, 0) is 0 Å². The molecule has 0 aliphatic rings. The van der Waals surface area contributed by atoms with Gasteiger partial charge in [-0.2, -0.15) is 10.5 Å². The lowest BCUT2D eigenvalue weighted by Gasteiger charge is -2.04. The van der Waals surface area contributed by atoms with Crippen molar-refractivity contribution in [3.63, 3.8) is 0 Å². The smallest absolute Gasteiger partial charge is 0.195 e. The lowest BCUT2D eigenvalue weighted by Crippen LogP contribution is -2.13. The molecule has 0 aliphatic heterocycles. The first kappa shape index (κ1) is 11.3. The SMILES string of the molecule is CC(Cl)/C=C/CC(Cl)(C#N)C#N. The van der Waals surface area contributed by atoms with Crippen molar-refractivity contribution in [1.29, 1.82) is 10.5 Å². The largest absolute Gasteiger partial charge is 0.219 e. The van der Waals surface area contributed by atoms with E-state index in [2.05, 4.69) is 0 Å². The highest BCUT2D eigenvalue weighted by Crippen LogP contribution is 2.18. The van der Waals surface area contributed by atoms with E-state index in [0.717, 1.165) is 0 Å².